The predicted octanol–water partition coefficient (Wildman–Crippen LogP) is 3.07. The molecular weight excluding hydrogens is 422 g/mol. The molecule has 0 aliphatic carbocycles. The Labute approximate surface area is 182 Å². The molecule has 3 aromatic rings. The van der Waals surface area contributed by atoms with Crippen LogP contribution in [-0.2, 0) is 32.5 Å². The number of methoxy groups -OCH3 is 3. The zero-order chi connectivity index (χ0) is 23.3. The van der Waals surface area contributed by atoms with Crippen molar-refractivity contribution in [3.63, 3.8) is 0 Å². The standard InChI is InChI=1S/C22H19NO9/c1-27-19(24)15-6-4-13(30-15)10-22(12-23,18-9-8-17(32-18)21(26)29-3)11-14-5-7-16(31-14)20(25)28-2/h4-9H,10-11H2,1-3H3. The van der Waals surface area contributed by atoms with E-state index in [1.54, 1.807) is 0 Å². The van der Waals surface area contributed by atoms with Crippen molar-refractivity contribution < 1.29 is 41.8 Å². The van der Waals surface area contributed by atoms with Crippen molar-refractivity contribution in [2.24, 2.45) is 0 Å². The smallest absolute Gasteiger partial charge is 0.373 e. The van der Waals surface area contributed by atoms with Crippen LogP contribution in [-0.4, -0.2) is 39.2 Å². The van der Waals surface area contributed by atoms with Gasteiger partial charge in [-0.25, -0.2) is 14.4 Å². The van der Waals surface area contributed by atoms with Crippen molar-refractivity contribution in [1.82, 2.24) is 0 Å². The van der Waals surface area contributed by atoms with Crippen LogP contribution in [0.2, 0.25) is 0 Å². The summed E-state index contributed by atoms with van der Waals surface area (Å²) in [6.45, 7) is 0. The van der Waals surface area contributed by atoms with Gasteiger partial charge in [-0.3, -0.25) is 0 Å². The van der Waals surface area contributed by atoms with E-state index in [9.17, 15) is 19.6 Å². The topological polar surface area (TPSA) is 142 Å². The van der Waals surface area contributed by atoms with Crippen molar-refractivity contribution in [3.05, 3.63) is 71.0 Å². The van der Waals surface area contributed by atoms with Gasteiger partial charge in [-0.2, -0.15) is 5.26 Å². The fraction of sp³-hybridized carbons (Fsp3) is 0.273. The molecule has 3 rings (SSSR count). The Morgan fingerprint density at radius 2 is 1.16 bits per heavy atom. The van der Waals surface area contributed by atoms with E-state index in [4.69, 9.17) is 13.3 Å². The van der Waals surface area contributed by atoms with Gasteiger partial charge in [0.2, 0.25) is 17.3 Å². The van der Waals surface area contributed by atoms with Crippen LogP contribution in [0.3, 0.4) is 0 Å². The minimum absolute atomic E-state index is 0.0324. The molecule has 0 N–H and O–H groups in total. The average molecular weight is 441 g/mol. The maximum atomic E-state index is 11.8. The van der Waals surface area contributed by atoms with Crippen LogP contribution in [0.1, 0.15) is 48.9 Å². The van der Waals surface area contributed by atoms with Crippen LogP contribution in [0.25, 0.3) is 0 Å². The molecule has 3 aromatic heterocycles. The first-order valence-electron chi connectivity index (χ1n) is 9.29. The molecule has 0 saturated carbocycles. The molecule has 10 heteroatoms. The molecule has 0 fully saturated rings. The Morgan fingerprint density at radius 3 is 1.56 bits per heavy atom. The first kappa shape index (κ1) is 22.4. The highest BCUT2D eigenvalue weighted by atomic mass is 16.5. The Bertz CT molecular complexity index is 1120. The van der Waals surface area contributed by atoms with Gasteiger partial charge in [0.25, 0.3) is 0 Å². The lowest BCUT2D eigenvalue weighted by Crippen LogP contribution is -2.29. The number of carbonyl (C=O) groups excluding carboxylic acids is 3. The van der Waals surface area contributed by atoms with Crippen LogP contribution in [0.5, 0.6) is 0 Å². The Morgan fingerprint density at radius 1 is 0.750 bits per heavy atom. The second kappa shape index (κ2) is 9.26. The summed E-state index contributed by atoms with van der Waals surface area (Å²) in [6.07, 6.45) is -0.0776. The van der Waals surface area contributed by atoms with Gasteiger partial charge in [-0.1, -0.05) is 0 Å². The average Bonchev–Trinajstić information content (AvgIpc) is 3.58. The van der Waals surface area contributed by atoms with E-state index in [0.717, 1.165) is 0 Å². The van der Waals surface area contributed by atoms with Crippen LogP contribution >= 0.6 is 0 Å². The zero-order valence-electron chi connectivity index (χ0n) is 17.5. The van der Waals surface area contributed by atoms with Gasteiger partial charge in [0.15, 0.2) is 0 Å². The number of nitrogens with zero attached hydrogens (tertiary/aromatic N) is 1. The van der Waals surface area contributed by atoms with E-state index in [0.29, 0.717) is 11.5 Å². The number of hydrogen-bond acceptors (Lipinski definition) is 10. The molecule has 0 aliphatic heterocycles. The molecule has 0 aliphatic rings. The minimum Gasteiger partial charge on any atom is -0.463 e. The Kier molecular flexibility index (Phi) is 6.49. The Balaban J connectivity index is 2.01. The third-order valence-corrected chi connectivity index (χ3v) is 4.73. The third-order valence-electron chi connectivity index (χ3n) is 4.73. The lowest BCUT2D eigenvalue weighted by atomic mass is 9.78. The minimum atomic E-state index is -1.41. The summed E-state index contributed by atoms with van der Waals surface area (Å²) < 4.78 is 30.6. The largest absolute Gasteiger partial charge is 0.463 e. The van der Waals surface area contributed by atoms with Gasteiger partial charge < -0.3 is 27.5 Å². The van der Waals surface area contributed by atoms with Gasteiger partial charge in [0.1, 0.15) is 22.7 Å². The van der Waals surface area contributed by atoms with Crippen LogP contribution < -0.4 is 0 Å². The van der Waals surface area contributed by atoms with Crippen LogP contribution in [0.4, 0.5) is 0 Å². The maximum Gasteiger partial charge on any atom is 0.373 e. The predicted molar refractivity (Wildman–Crippen MR) is 105 cm³/mol. The first-order valence-corrected chi connectivity index (χ1v) is 9.29. The summed E-state index contributed by atoms with van der Waals surface area (Å²) in [4.78, 5) is 35.3. The van der Waals surface area contributed by atoms with Crippen molar-refractivity contribution in [2.75, 3.05) is 21.3 Å². The molecule has 0 saturated heterocycles. The van der Waals surface area contributed by atoms with Crippen molar-refractivity contribution in [2.45, 2.75) is 18.3 Å². The summed E-state index contributed by atoms with van der Waals surface area (Å²) in [7, 11) is 3.64. The summed E-state index contributed by atoms with van der Waals surface area (Å²) in [6, 6.07) is 11.0. The number of furan rings is 3. The molecule has 32 heavy (non-hydrogen) atoms. The monoisotopic (exact) mass is 441 g/mol. The maximum absolute atomic E-state index is 11.8. The Hall–Kier alpha value is -4.26. The highest BCUT2D eigenvalue weighted by Crippen LogP contribution is 2.35. The third kappa shape index (κ3) is 4.41. The number of nitriles is 1. The van der Waals surface area contributed by atoms with E-state index >= 15 is 0 Å². The van der Waals surface area contributed by atoms with Crippen molar-refractivity contribution in [1.29, 1.82) is 5.26 Å². The van der Waals surface area contributed by atoms with Crippen LogP contribution in [0, 0.1) is 11.3 Å². The van der Waals surface area contributed by atoms with E-state index in [2.05, 4.69) is 20.3 Å². The fourth-order valence-electron chi connectivity index (χ4n) is 3.14. The van der Waals surface area contributed by atoms with Gasteiger partial charge in [-0.15, -0.1) is 0 Å². The van der Waals surface area contributed by atoms with E-state index in [1.807, 2.05) is 0 Å². The number of carbonyl (C=O) groups is 3. The summed E-state index contributed by atoms with van der Waals surface area (Å²) in [5.74, 6) is -1.47. The van der Waals surface area contributed by atoms with Gasteiger partial charge in [0, 0.05) is 12.8 Å². The molecule has 0 spiro atoms. The zero-order valence-corrected chi connectivity index (χ0v) is 17.5. The molecule has 0 unspecified atom stereocenters. The molecule has 0 atom stereocenters. The molecule has 10 nitrogen and oxygen atoms in total. The summed E-state index contributed by atoms with van der Waals surface area (Å²) in [5, 5.41) is 10.2. The number of rotatable bonds is 8. The second-order valence-corrected chi connectivity index (χ2v) is 6.72. The van der Waals surface area contributed by atoms with E-state index < -0.39 is 23.3 Å². The molecular formula is C22H19NO9. The molecule has 166 valence electrons. The van der Waals surface area contributed by atoms with E-state index in [-0.39, 0.29) is 35.9 Å². The first-order chi connectivity index (χ1) is 15.4. The highest BCUT2D eigenvalue weighted by Gasteiger charge is 2.39. The number of hydrogen-bond donors (Lipinski definition) is 0. The summed E-state index contributed by atoms with van der Waals surface area (Å²) in [5.41, 5.74) is -1.41. The number of esters is 3. The SMILES string of the molecule is COC(=O)c1ccc(CC(C#N)(Cc2ccc(C(=O)OC)o2)c2ccc(C(=O)OC)o2)o1. The molecule has 0 amide bonds. The normalized spacial score (nSPS) is 10.9. The highest BCUT2D eigenvalue weighted by molar-refractivity contribution is 5.87. The lowest BCUT2D eigenvalue weighted by Gasteiger charge is -2.22. The molecule has 0 bridgehead atoms. The van der Waals surface area contributed by atoms with E-state index in [1.165, 1.54) is 57.7 Å². The van der Waals surface area contributed by atoms with Crippen molar-refractivity contribution in [3.8, 4) is 6.07 Å². The lowest BCUT2D eigenvalue weighted by molar-refractivity contribution is 0.0550. The molecule has 0 radical (unpaired) electrons. The van der Waals surface area contributed by atoms with Gasteiger partial charge in [0.05, 0.1) is 27.4 Å². The second-order valence-electron chi connectivity index (χ2n) is 6.72. The van der Waals surface area contributed by atoms with Crippen LogP contribution in [0.15, 0.2) is 49.6 Å². The quantitative estimate of drug-likeness (QED) is 0.378. The molecule has 3 heterocycles. The van der Waals surface area contributed by atoms with Gasteiger partial charge >= 0.3 is 17.9 Å². The fourth-order valence-corrected chi connectivity index (χ4v) is 3.14. The summed E-state index contributed by atoms with van der Waals surface area (Å²) >= 11 is 0. The van der Waals surface area contributed by atoms with Gasteiger partial charge in [-0.05, 0) is 36.4 Å². The van der Waals surface area contributed by atoms with Crippen molar-refractivity contribution >= 4 is 17.9 Å². The number of ether oxygens (including phenoxy) is 3. The molecule has 0 aromatic carbocycles.